The van der Waals surface area contributed by atoms with Crippen LogP contribution in [0.15, 0.2) is 18.3 Å². The number of fused-ring (bicyclic) bond motifs is 1. The fourth-order valence-corrected chi connectivity index (χ4v) is 4.09. The second-order valence-electron chi connectivity index (χ2n) is 7.80. The Bertz CT molecular complexity index is 995. The fourth-order valence-electron chi connectivity index (χ4n) is 3.08. The van der Waals surface area contributed by atoms with Gasteiger partial charge >= 0.3 is 11.9 Å². The summed E-state index contributed by atoms with van der Waals surface area (Å²) >= 11 is 1.29. The van der Waals surface area contributed by atoms with Gasteiger partial charge in [-0.25, -0.2) is 9.59 Å². The first-order valence-corrected chi connectivity index (χ1v) is 10.1. The molecule has 0 bridgehead atoms. The molecule has 9 nitrogen and oxygen atoms in total. The molecule has 1 amide bonds. The van der Waals surface area contributed by atoms with Crippen molar-refractivity contribution in [3.63, 3.8) is 0 Å². The Kier molecular flexibility index (Phi) is 6.09. The third-order valence-corrected chi connectivity index (χ3v) is 5.38. The minimum Gasteiger partial charge on any atom is -0.478 e. The third kappa shape index (κ3) is 4.77. The largest absolute Gasteiger partial charge is 0.478 e. The maximum Gasteiger partial charge on any atom is 0.341 e. The topological polar surface area (TPSA) is 141 Å². The molecule has 3 heterocycles. The van der Waals surface area contributed by atoms with E-state index in [0.717, 1.165) is 10.4 Å². The highest BCUT2D eigenvalue weighted by Gasteiger charge is 2.31. The lowest BCUT2D eigenvalue weighted by Crippen LogP contribution is -2.37. The highest BCUT2D eigenvalue weighted by atomic mass is 32.1. The number of hydrogen-bond acceptors (Lipinski definition) is 8. The predicted octanol–water partition coefficient (Wildman–Crippen LogP) is 2.25. The quantitative estimate of drug-likeness (QED) is 0.610. The van der Waals surface area contributed by atoms with Crippen LogP contribution in [0.4, 0.5) is 5.00 Å². The van der Waals surface area contributed by atoms with Gasteiger partial charge in [-0.3, -0.25) is 9.78 Å². The maximum atomic E-state index is 12.6. The summed E-state index contributed by atoms with van der Waals surface area (Å²) in [6.45, 7) is 5.73. The SMILES string of the molecule is CC(C)(C)OC(=O)c1c(N)sc2c1CC(CNC(=O)c1ncccc1C(=O)O)OC2. The van der Waals surface area contributed by atoms with E-state index in [-0.39, 0.29) is 24.4 Å². The van der Waals surface area contributed by atoms with Crippen molar-refractivity contribution in [2.45, 2.75) is 45.5 Å². The van der Waals surface area contributed by atoms with Gasteiger partial charge in [-0.15, -0.1) is 11.3 Å². The number of nitrogens with two attached hydrogens (primary N) is 1. The first kappa shape index (κ1) is 21.7. The van der Waals surface area contributed by atoms with Gasteiger partial charge in [-0.2, -0.15) is 0 Å². The number of nitrogen functional groups attached to an aromatic ring is 1. The van der Waals surface area contributed by atoms with Crippen LogP contribution in [-0.2, 0) is 22.5 Å². The molecule has 0 spiro atoms. The van der Waals surface area contributed by atoms with Gasteiger partial charge in [-0.05, 0) is 38.5 Å². The molecule has 0 saturated carbocycles. The highest BCUT2D eigenvalue weighted by Crippen LogP contribution is 2.36. The number of carboxylic acids is 1. The molecule has 160 valence electrons. The molecule has 1 atom stereocenters. The molecule has 1 aliphatic heterocycles. The molecular formula is C20H23N3O6S. The van der Waals surface area contributed by atoms with Crippen molar-refractivity contribution >= 4 is 34.2 Å². The van der Waals surface area contributed by atoms with Gasteiger partial charge in [0.2, 0.25) is 0 Å². The van der Waals surface area contributed by atoms with Crippen LogP contribution in [0.3, 0.4) is 0 Å². The Labute approximate surface area is 177 Å². The number of carbonyl (C=O) groups excluding carboxylic acids is 2. The summed E-state index contributed by atoms with van der Waals surface area (Å²) in [5.74, 6) is -2.33. The number of amides is 1. The average Bonchev–Trinajstić information content (AvgIpc) is 2.99. The molecule has 0 saturated heterocycles. The number of nitrogens with zero attached hydrogens (tertiary/aromatic N) is 1. The summed E-state index contributed by atoms with van der Waals surface area (Å²) in [5, 5.41) is 12.2. The molecule has 1 aliphatic rings. The summed E-state index contributed by atoms with van der Waals surface area (Å²) in [5.41, 5.74) is 6.17. The zero-order valence-electron chi connectivity index (χ0n) is 16.9. The van der Waals surface area contributed by atoms with Crippen molar-refractivity contribution in [1.29, 1.82) is 0 Å². The molecule has 30 heavy (non-hydrogen) atoms. The van der Waals surface area contributed by atoms with Crippen LogP contribution >= 0.6 is 11.3 Å². The van der Waals surface area contributed by atoms with Gasteiger partial charge in [0.15, 0.2) is 0 Å². The van der Waals surface area contributed by atoms with Crippen LogP contribution in [0.1, 0.15) is 62.4 Å². The third-order valence-electron chi connectivity index (χ3n) is 4.35. The van der Waals surface area contributed by atoms with Crippen molar-refractivity contribution in [1.82, 2.24) is 10.3 Å². The number of aromatic nitrogens is 1. The first-order valence-electron chi connectivity index (χ1n) is 9.28. The molecule has 2 aromatic heterocycles. The van der Waals surface area contributed by atoms with Crippen LogP contribution in [0.2, 0.25) is 0 Å². The smallest absolute Gasteiger partial charge is 0.341 e. The van der Waals surface area contributed by atoms with E-state index in [2.05, 4.69) is 10.3 Å². The average molecular weight is 433 g/mol. The van der Waals surface area contributed by atoms with Crippen molar-refractivity contribution in [2.24, 2.45) is 0 Å². The molecule has 2 aromatic rings. The fraction of sp³-hybridized carbons (Fsp3) is 0.400. The first-order chi connectivity index (χ1) is 14.1. The van der Waals surface area contributed by atoms with E-state index >= 15 is 0 Å². The zero-order valence-corrected chi connectivity index (χ0v) is 17.7. The van der Waals surface area contributed by atoms with E-state index in [1.807, 2.05) is 0 Å². The molecule has 0 fully saturated rings. The Balaban J connectivity index is 1.71. The monoisotopic (exact) mass is 433 g/mol. The van der Waals surface area contributed by atoms with Gasteiger partial charge < -0.3 is 25.6 Å². The van der Waals surface area contributed by atoms with Crippen LogP contribution in [0.5, 0.6) is 0 Å². The molecule has 0 aliphatic carbocycles. The molecule has 4 N–H and O–H groups in total. The zero-order chi connectivity index (χ0) is 22.1. The number of ether oxygens (including phenoxy) is 2. The van der Waals surface area contributed by atoms with Gasteiger partial charge in [-0.1, -0.05) is 0 Å². The minimum atomic E-state index is -1.23. The number of pyridine rings is 1. The van der Waals surface area contributed by atoms with E-state index < -0.39 is 29.6 Å². The lowest BCUT2D eigenvalue weighted by atomic mass is 10.0. The van der Waals surface area contributed by atoms with Crippen LogP contribution in [0.25, 0.3) is 0 Å². The van der Waals surface area contributed by atoms with E-state index in [4.69, 9.17) is 15.2 Å². The van der Waals surface area contributed by atoms with E-state index in [9.17, 15) is 19.5 Å². The predicted molar refractivity (Wildman–Crippen MR) is 110 cm³/mol. The molecule has 1 unspecified atom stereocenters. The Morgan fingerprint density at radius 3 is 2.80 bits per heavy atom. The lowest BCUT2D eigenvalue weighted by molar-refractivity contribution is 0.00613. The van der Waals surface area contributed by atoms with Gasteiger partial charge in [0, 0.05) is 24.0 Å². The summed E-state index contributed by atoms with van der Waals surface area (Å²) in [4.78, 5) is 41.0. The molecular weight excluding hydrogens is 410 g/mol. The minimum absolute atomic E-state index is 0.122. The molecule has 10 heteroatoms. The normalized spacial score (nSPS) is 15.9. The number of anilines is 1. The van der Waals surface area contributed by atoms with Gasteiger partial charge in [0.1, 0.15) is 16.3 Å². The number of aromatic carboxylic acids is 1. The van der Waals surface area contributed by atoms with Crippen molar-refractivity contribution in [2.75, 3.05) is 12.3 Å². The van der Waals surface area contributed by atoms with E-state index in [1.165, 1.54) is 29.7 Å². The number of carboxylic acid groups (broad SMARTS) is 1. The van der Waals surface area contributed by atoms with Crippen molar-refractivity contribution in [3.8, 4) is 0 Å². The molecule has 0 radical (unpaired) electrons. The summed E-state index contributed by atoms with van der Waals surface area (Å²) in [6, 6.07) is 2.76. The number of thiophene rings is 1. The molecule has 0 aromatic carbocycles. The van der Waals surface area contributed by atoms with Crippen LogP contribution in [0, 0.1) is 0 Å². The lowest BCUT2D eigenvalue weighted by Gasteiger charge is -2.25. The maximum absolute atomic E-state index is 12.6. The van der Waals surface area contributed by atoms with E-state index in [0.29, 0.717) is 17.0 Å². The van der Waals surface area contributed by atoms with Crippen molar-refractivity contribution in [3.05, 3.63) is 45.6 Å². The van der Waals surface area contributed by atoms with Crippen LogP contribution in [-0.4, -0.2) is 46.2 Å². The Hall–Kier alpha value is -2.98. The van der Waals surface area contributed by atoms with Crippen LogP contribution < -0.4 is 11.1 Å². The number of nitrogens with one attached hydrogen (secondary N) is 1. The van der Waals surface area contributed by atoms with Gasteiger partial charge in [0.25, 0.3) is 5.91 Å². The summed E-state index contributed by atoms with van der Waals surface area (Å²) in [7, 11) is 0. The highest BCUT2D eigenvalue weighted by molar-refractivity contribution is 7.16. The van der Waals surface area contributed by atoms with Crippen molar-refractivity contribution < 1.29 is 29.0 Å². The Morgan fingerprint density at radius 2 is 2.13 bits per heavy atom. The summed E-state index contributed by atoms with van der Waals surface area (Å²) < 4.78 is 11.2. The number of rotatable bonds is 5. The standard InChI is InChI=1S/C20H23N3O6S/c1-20(2,3)29-19(27)14-12-7-10(28-9-13(12)30-16(14)21)8-23-17(24)15-11(18(25)26)5-4-6-22-15/h4-6,10H,7-9,21H2,1-3H3,(H,23,24)(H,25,26). The number of hydrogen-bond donors (Lipinski definition) is 3. The molecule has 3 rings (SSSR count). The number of esters is 1. The van der Waals surface area contributed by atoms with Gasteiger partial charge in [0.05, 0.1) is 23.8 Å². The summed E-state index contributed by atoms with van der Waals surface area (Å²) in [6.07, 6.45) is 1.31. The van der Waals surface area contributed by atoms with E-state index in [1.54, 1.807) is 20.8 Å². The second-order valence-corrected chi connectivity index (χ2v) is 8.93. The second kappa shape index (κ2) is 8.41. The Morgan fingerprint density at radius 1 is 1.40 bits per heavy atom. The number of carbonyl (C=O) groups is 3.